The molecule has 1 fully saturated rings. The van der Waals surface area contributed by atoms with Gasteiger partial charge in [-0.3, -0.25) is 9.10 Å². The second kappa shape index (κ2) is 8.41. The fourth-order valence-corrected chi connectivity index (χ4v) is 4.71. The summed E-state index contributed by atoms with van der Waals surface area (Å²) >= 11 is 6.29. The van der Waals surface area contributed by atoms with Crippen LogP contribution in [0.5, 0.6) is 5.75 Å². The SMILES string of the molecule is COc1ccc(S(=O)(=O)N(C)c2ccc(C(=O)NC3CCCC3)c(Cl)c2)cc1. The van der Waals surface area contributed by atoms with E-state index in [1.54, 1.807) is 24.3 Å². The number of hydrogen-bond donors (Lipinski definition) is 1. The minimum atomic E-state index is -3.77. The summed E-state index contributed by atoms with van der Waals surface area (Å²) in [5.74, 6) is 0.339. The molecule has 28 heavy (non-hydrogen) atoms. The molecule has 1 amide bonds. The Morgan fingerprint density at radius 2 is 1.79 bits per heavy atom. The maximum absolute atomic E-state index is 12.9. The molecule has 150 valence electrons. The van der Waals surface area contributed by atoms with Crippen LogP contribution in [0.4, 0.5) is 5.69 Å². The van der Waals surface area contributed by atoms with Crippen molar-refractivity contribution in [3.8, 4) is 5.75 Å². The molecule has 2 aromatic carbocycles. The molecule has 6 nitrogen and oxygen atoms in total. The Labute approximate surface area is 170 Å². The van der Waals surface area contributed by atoms with Gasteiger partial charge in [0.05, 0.1) is 28.3 Å². The molecule has 0 bridgehead atoms. The molecular formula is C20H23ClN2O4S. The van der Waals surface area contributed by atoms with Gasteiger partial charge in [-0.15, -0.1) is 0 Å². The summed E-state index contributed by atoms with van der Waals surface area (Å²) in [5, 5.41) is 3.20. The van der Waals surface area contributed by atoms with Gasteiger partial charge < -0.3 is 10.1 Å². The molecule has 0 aliphatic heterocycles. The van der Waals surface area contributed by atoms with Crippen LogP contribution in [-0.2, 0) is 10.0 Å². The number of carbonyl (C=O) groups excluding carboxylic acids is 1. The highest BCUT2D eigenvalue weighted by atomic mass is 35.5. The van der Waals surface area contributed by atoms with Crippen molar-refractivity contribution in [1.29, 1.82) is 0 Å². The number of halogens is 1. The Kier molecular flexibility index (Phi) is 6.15. The molecule has 0 spiro atoms. The van der Waals surface area contributed by atoms with Crippen molar-refractivity contribution in [3.05, 3.63) is 53.1 Å². The minimum Gasteiger partial charge on any atom is -0.497 e. The van der Waals surface area contributed by atoms with Crippen LogP contribution in [0.25, 0.3) is 0 Å². The van der Waals surface area contributed by atoms with Crippen molar-refractivity contribution in [2.24, 2.45) is 0 Å². The molecule has 1 saturated carbocycles. The predicted octanol–water partition coefficient (Wildman–Crippen LogP) is 3.85. The fourth-order valence-electron chi connectivity index (χ4n) is 3.26. The molecule has 0 heterocycles. The van der Waals surface area contributed by atoms with Crippen LogP contribution in [0.1, 0.15) is 36.0 Å². The van der Waals surface area contributed by atoms with Gasteiger partial charge in [-0.1, -0.05) is 24.4 Å². The lowest BCUT2D eigenvalue weighted by Crippen LogP contribution is -2.33. The molecule has 0 unspecified atom stereocenters. The van der Waals surface area contributed by atoms with Crippen LogP contribution < -0.4 is 14.4 Å². The second-order valence-electron chi connectivity index (χ2n) is 6.77. The van der Waals surface area contributed by atoms with Crippen LogP contribution in [0, 0.1) is 0 Å². The highest BCUT2D eigenvalue weighted by Crippen LogP contribution is 2.28. The van der Waals surface area contributed by atoms with Crippen molar-refractivity contribution in [2.45, 2.75) is 36.6 Å². The second-order valence-corrected chi connectivity index (χ2v) is 9.14. The molecule has 1 N–H and O–H groups in total. The number of hydrogen-bond acceptors (Lipinski definition) is 4. The van der Waals surface area contributed by atoms with E-state index in [0.717, 1.165) is 30.0 Å². The predicted molar refractivity (Wildman–Crippen MR) is 110 cm³/mol. The lowest BCUT2D eigenvalue weighted by molar-refractivity contribution is 0.0938. The maximum atomic E-state index is 12.9. The number of benzene rings is 2. The summed E-state index contributed by atoms with van der Waals surface area (Å²) in [7, 11) is -0.803. The van der Waals surface area contributed by atoms with Crippen LogP contribution in [0.2, 0.25) is 5.02 Å². The summed E-state index contributed by atoms with van der Waals surface area (Å²) < 4.78 is 31.9. The summed E-state index contributed by atoms with van der Waals surface area (Å²) in [4.78, 5) is 12.6. The average Bonchev–Trinajstić information content (AvgIpc) is 3.20. The summed E-state index contributed by atoms with van der Waals surface area (Å²) in [6.45, 7) is 0. The maximum Gasteiger partial charge on any atom is 0.264 e. The van der Waals surface area contributed by atoms with E-state index in [1.807, 2.05) is 0 Å². The third-order valence-electron chi connectivity index (χ3n) is 4.97. The van der Waals surface area contributed by atoms with E-state index in [0.29, 0.717) is 17.0 Å². The first kappa shape index (κ1) is 20.5. The van der Waals surface area contributed by atoms with Gasteiger partial charge in [-0.05, 0) is 55.3 Å². The number of rotatable bonds is 6. The first-order valence-electron chi connectivity index (χ1n) is 9.06. The minimum absolute atomic E-state index is 0.134. The van der Waals surface area contributed by atoms with E-state index in [-0.39, 0.29) is 21.9 Å². The Morgan fingerprint density at radius 1 is 1.14 bits per heavy atom. The van der Waals surface area contributed by atoms with Gasteiger partial charge in [-0.2, -0.15) is 0 Å². The van der Waals surface area contributed by atoms with Crippen molar-refractivity contribution in [2.75, 3.05) is 18.5 Å². The molecule has 2 aromatic rings. The van der Waals surface area contributed by atoms with Gasteiger partial charge >= 0.3 is 0 Å². The fraction of sp³-hybridized carbons (Fsp3) is 0.350. The van der Waals surface area contributed by atoms with Gasteiger partial charge in [0, 0.05) is 13.1 Å². The van der Waals surface area contributed by atoms with Gasteiger partial charge in [-0.25, -0.2) is 8.42 Å². The zero-order valence-corrected chi connectivity index (χ0v) is 17.4. The number of sulfonamides is 1. The van der Waals surface area contributed by atoms with Gasteiger partial charge in [0.1, 0.15) is 5.75 Å². The quantitative estimate of drug-likeness (QED) is 0.767. The number of amides is 1. The summed E-state index contributed by atoms with van der Waals surface area (Å²) in [5.41, 5.74) is 0.714. The van der Waals surface area contributed by atoms with E-state index in [2.05, 4.69) is 5.32 Å². The monoisotopic (exact) mass is 422 g/mol. The number of methoxy groups -OCH3 is 1. The largest absolute Gasteiger partial charge is 0.497 e. The first-order chi connectivity index (χ1) is 13.3. The third-order valence-corrected chi connectivity index (χ3v) is 7.08. The van der Waals surface area contributed by atoms with Crippen LogP contribution in [0.15, 0.2) is 47.4 Å². The van der Waals surface area contributed by atoms with Crippen LogP contribution >= 0.6 is 11.6 Å². The Hall–Kier alpha value is -2.25. The van der Waals surface area contributed by atoms with Crippen LogP contribution in [0.3, 0.4) is 0 Å². The van der Waals surface area contributed by atoms with Crippen LogP contribution in [-0.4, -0.2) is 34.5 Å². The van der Waals surface area contributed by atoms with E-state index in [4.69, 9.17) is 16.3 Å². The number of nitrogens with zero attached hydrogens (tertiary/aromatic N) is 1. The highest BCUT2D eigenvalue weighted by molar-refractivity contribution is 7.92. The van der Waals surface area contributed by atoms with E-state index in [1.165, 1.54) is 32.4 Å². The van der Waals surface area contributed by atoms with Gasteiger partial charge in [0.15, 0.2) is 0 Å². The van der Waals surface area contributed by atoms with E-state index < -0.39 is 10.0 Å². The molecule has 8 heteroatoms. The molecule has 0 saturated heterocycles. The summed E-state index contributed by atoms with van der Waals surface area (Å²) in [6, 6.07) is 11.0. The zero-order chi connectivity index (χ0) is 20.3. The Bertz CT molecular complexity index is 955. The molecule has 0 atom stereocenters. The molecule has 1 aliphatic carbocycles. The van der Waals surface area contributed by atoms with Gasteiger partial charge in [0.2, 0.25) is 0 Å². The van der Waals surface area contributed by atoms with Crippen molar-refractivity contribution < 1.29 is 17.9 Å². The highest BCUT2D eigenvalue weighted by Gasteiger charge is 2.24. The normalized spacial score (nSPS) is 14.7. The summed E-state index contributed by atoms with van der Waals surface area (Å²) in [6.07, 6.45) is 4.19. The smallest absolute Gasteiger partial charge is 0.264 e. The van der Waals surface area contributed by atoms with Crippen molar-refractivity contribution in [1.82, 2.24) is 5.32 Å². The molecular weight excluding hydrogens is 400 g/mol. The lowest BCUT2D eigenvalue weighted by Gasteiger charge is -2.21. The van der Waals surface area contributed by atoms with E-state index in [9.17, 15) is 13.2 Å². The number of ether oxygens (including phenoxy) is 1. The first-order valence-corrected chi connectivity index (χ1v) is 10.9. The van der Waals surface area contributed by atoms with Crippen molar-refractivity contribution >= 4 is 33.2 Å². The lowest BCUT2D eigenvalue weighted by atomic mass is 10.1. The number of anilines is 1. The molecule has 0 radical (unpaired) electrons. The number of nitrogens with one attached hydrogen (secondary N) is 1. The Balaban J connectivity index is 1.80. The third kappa shape index (κ3) is 4.25. The number of carbonyl (C=O) groups is 1. The topological polar surface area (TPSA) is 75.7 Å². The molecule has 1 aliphatic rings. The molecule has 3 rings (SSSR count). The molecule has 0 aromatic heterocycles. The average molecular weight is 423 g/mol. The standard InChI is InChI=1S/C20H23ClN2O4S/c1-23(28(25,26)17-10-8-16(27-2)9-11-17)15-7-12-18(19(21)13-15)20(24)22-14-5-3-4-6-14/h7-14H,3-6H2,1-2H3,(H,22,24). The Morgan fingerprint density at radius 3 is 2.36 bits per heavy atom. The van der Waals surface area contributed by atoms with E-state index >= 15 is 0 Å². The van der Waals surface area contributed by atoms with Crippen molar-refractivity contribution in [3.63, 3.8) is 0 Å². The van der Waals surface area contributed by atoms with Gasteiger partial charge in [0.25, 0.3) is 15.9 Å². The zero-order valence-electron chi connectivity index (χ0n) is 15.8.